The molecule has 0 heterocycles. The van der Waals surface area contributed by atoms with Gasteiger partial charge in [-0.15, -0.1) is 0 Å². The summed E-state index contributed by atoms with van der Waals surface area (Å²) < 4.78 is 0. The van der Waals surface area contributed by atoms with Gasteiger partial charge in [0.2, 0.25) is 0 Å². The number of ketones is 1. The summed E-state index contributed by atoms with van der Waals surface area (Å²) in [6.45, 7) is 6.21. The third kappa shape index (κ3) is 1.43. The normalized spacial score (nSPS) is 27.4. The van der Waals surface area contributed by atoms with Crippen LogP contribution in [0.1, 0.15) is 37.8 Å². The van der Waals surface area contributed by atoms with Crippen LogP contribution in [0.15, 0.2) is 48.1 Å². The number of rotatable bonds is 1. The fourth-order valence-corrected chi connectivity index (χ4v) is 3.42. The molecular formula is C17H18O. The Bertz CT molecular complexity index is 575. The second-order valence-corrected chi connectivity index (χ2v) is 5.90. The van der Waals surface area contributed by atoms with Crippen LogP contribution >= 0.6 is 0 Å². The van der Waals surface area contributed by atoms with E-state index in [1.54, 1.807) is 6.92 Å². The number of hydrogen-bond acceptors (Lipinski definition) is 1. The fraction of sp³-hybridized carbons (Fsp3) is 0.353. The van der Waals surface area contributed by atoms with Crippen LogP contribution in [0.5, 0.6) is 0 Å². The Balaban J connectivity index is 2.14. The SMILES string of the molecule is CC(=O)C1=CC2C(C=C1)c1ccccc1C2(C)C. The van der Waals surface area contributed by atoms with E-state index in [2.05, 4.69) is 50.3 Å². The second-order valence-electron chi connectivity index (χ2n) is 5.90. The summed E-state index contributed by atoms with van der Waals surface area (Å²) in [7, 11) is 0. The topological polar surface area (TPSA) is 17.1 Å². The quantitative estimate of drug-likeness (QED) is 0.728. The number of carbonyl (C=O) groups excluding carboxylic acids is 1. The van der Waals surface area contributed by atoms with Gasteiger partial charge in [-0.3, -0.25) is 4.79 Å². The molecule has 1 aromatic rings. The molecule has 0 aliphatic heterocycles. The van der Waals surface area contributed by atoms with E-state index in [1.165, 1.54) is 11.1 Å². The molecule has 1 heteroatoms. The minimum atomic E-state index is 0.104. The minimum absolute atomic E-state index is 0.104. The van der Waals surface area contributed by atoms with Gasteiger partial charge in [0.05, 0.1) is 0 Å². The second kappa shape index (κ2) is 3.68. The van der Waals surface area contributed by atoms with E-state index in [9.17, 15) is 4.79 Å². The Morgan fingerprint density at radius 1 is 1.22 bits per heavy atom. The molecule has 1 nitrogen and oxygen atoms in total. The first-order valence-electron chi connectivity index (χ1n) is 6.52. The largest absolute Gasteiger partial charge is 0.295 e. The Labute approximate surface area is 108 Å². The van der Waals surface area contributed by atoms with Crippen molar-refractivity contribution in [2.75, 3.05) is 0 Å². The van der Waals surface area contributed by atoms with Crippen molar-refractivity contribution in [2.24, 2.45) is 5.92 Å². The molecule has 0 bridgehead atoms. The number of fused-ring (bicyclic) bond motifs is 3. The summed E-state index contributed by atoms with van der Waals surface area (Å²) in [5.41, 5.74) is 3.80. The average Bonchev–Trinajstić information content (AvgIpc) is 2.59. The zero-order valence-corrected chi connectivity index (χ0v) is 11.1. The summed E-state index contributed by atoms with van der Waals surface area (Å²) in [6.07, 6.45) is 6.36. The molecule has 0 radical (unpaired) electrons. The molecule has 0 aromatic heterocycles. The molecule has 0 saturated heterocycles. The Hall–Kier alpha value is -1.63. The third-order valence-corrected chi connectivity index (χ3v) is 4.48. The highest BCUT2D eigenvalue weighted by Gasteiger charge is 2.44. The van der Waals surface area contributed by atoms with Gasteiger partial charge in [-0.2, -0.15) is 0 Å². The highest BCUT2D eigenvalue weighted by Crippen LogP contribution is 2.53. The van der Waals surface area contributed by atoms with Gasteiger partial charge >= 0.3 is 0 Å². The molecule has 0 spiro atoms. The Morgan fingerprint density at radius 3 is 2.67 bits per heavy atom. The molecular weight excluding hydrogens is 220 g/mol. The van der Waals surface area contributed by atoms with Crippen LogP contribution in [0.3, 0.4) is 0 Å². The monoisotopic (exact) mass is 238 g/mol. The van der Waals surface area contributed by atoms with Crippen LogP contribution in [0, 0.1) is 5.92 Å². The predicted octanol–water partition coefficient (Wildman–Crippen LogP) is 3.76. The summed E-state index contributed by atoms with van der Waals surface area (Å²) in [4.78, 5) is 11.6. The van der Waals surface area contributed by atoms with Crippen molar-refractivity contribution in [3.05, 3.63) is 59.2 Å². The summed E-state index contributed by atoms with van der Waals surface area (Å²) in [5, 5.41) is 0. The lowest BCUT2D eigenvalue weighted by Gasteiger charge is -2.30. The highest BCUT2D eigenvalue weighted by atomic mass is 16.1. The molecule has 2 aliphatic carbocycles. The van der Waals surface area contributed by atoms with E-state index in [0.29, 0.717) is 11.8 Å². The van der Waals surface area contributed by atoms with Gasteiger partial charge in [0, 0.05) is 11.5 Å². The van der Waals surface area contributed by atoms with E-state index in [1.807, 2.05) is 6.08 Å². The molecule has 92 valence electrons. The zero-order valence-electron chi connectivity index (χ0n) is 11.1. The third-order valence-electron chi connectivity index (χ3n) is 4.48. The van der Waals surface area contributed by atoms with Gasteiger partial charge < -0.3 is 0 Å². The maximum absolute atomic E-state index is 11.6. The number of allylic oxidation sites excluding steroid dienone is 4. The smallest absolute Gasteiger partial charge is 0.159 e. The van der Waals surface area contributed by atoms with Crippen LogP contribution in [0.2, 0.25) is 0 Å². The van der Waals surface area contributed by atoms with E-state index in [4.69, 9.17) is 0 Å². The number of benzene rings is 1. The van der Waals surface area contributed by atoms with Crippen molar-refractivity contribution in [1.29, 1.82) is 0 Å². The highest BCUT2D eigenvalue weighted by molar-refractivity contribution is 5.96. The number of Topliss-reactive ketones (excluding diaryl/α,β-unsaturated/α-hetero) is 1. The zero-order chi connectivity index (χ0) is 12.9. The van der Waals surface area contributed by atoms with Crippen molar-refractivity contribution in [1.82, 2.24) is 0 Å². The van der Waals surface area contributed by atoms with E-state index < -0.39 is 0 Å². The summed E-state index contributed by atoms with van der Waals surface area (Å²) >= 11 is 0. The van der Waals surface area contributed by atoms with E-state index in [0.717, 1.165) is 5.57 Å². The van der Waals surface area contributed by atoms with Crippen LogP contribution in [-0.2, 0) is 10.2 Å². The van der Waals surface area contributed by atoms with Crippen LogP contribution < -0.4 is 0 Å². The lowest BCUT2D eigenvalue weighted by Crippen LogP contribution is -2.26. The first-order valence-corrected chi connectivity index (χ1v) is 6.52. The molecule has 0 fully saturated rings. The first-order chi connectivity index (χ1) is 8.51. The Morgan fingerprint density at radius 2 is 1.94 bits per heavy atom. The lowest BCUT2D eigenvalue weighted by atomic mass is 9.73. The van der Waals surface area contributed by atoms with E-state index >= 15 is 0 Å². The molecule has 3 rings (SSSR count). The van der Waals surface area contributed by atoms with Gasteiger partial charge in [0.1, 0.15) is 0 Å². The maximum Gasteiger partial charge on any atom is 0.159 e. The van der Waals surface area contributed by atoms with Gasteiger partial charge in [-0.05, 0) is 29.4 Å². The first kappa shape index (κ1) is 11.5. The van der Waals surface area contributed by atoms with Crippen molar-refractivity contribution >= 4 is 5.78 Å². The van der Waals surface area contributed by atoms with Crippen molar-refractivity contribution in [3.8, 4) is 0 Å². The van der Waals surface area contributed by atoms with Crippen molar-refractivity contribution in [3.63, 3.8) is 0 Å². The van der Waals surface area contributed by atoms with Gasteiger partial charge in [0.25, 0.3) is 0 Å². The van der Waals surface area contributed by atoms with Crippen LogP contribution in [0.25, 0.3) is 0 Å². The molecule has 2 unspecified atom stereocenters. The van der Waals surface area contributed by atoms with Crippen LogP contribution in [-0.4, -0.2) is 5.78 Å². The number of hydrogen-bond donors (Lipinski definition) is 0. The molecule has 18 heavy (non-hydrogen) atoms. The fourth-order valence-electron chi connectivity index (χ4n) is 3.42. The molecule has 0 N–H and O–H groups in total. The minimum Gasteiger partial charge on any atom is -0.295 e. The van der Waals surface area contributed by atoms with Crippen molar-refractivity contribution in [2.45, 2.75) is 32.1 Å². The lowest BCUT2D eigenvalue weighted by molar-refractivity contribution is -0.113. The van der Waals surface area contributed by atoms with Crippen molar-refractivity contribution < 1.29 is 4.79 Å². The summed E-state index contributed by atoms with van der Waals surface area (Å²) in [6, 6.07) is 8.66. The molecule has 2 aliphatic rings. The average molecular weight is 238 g/mol. The summed E-state index contributed by atoms with van der Waals surface area (Å²) in [5.74, 6) is 0.995. The molecule has 2 atom stereocenters. The number of carbonyl (C=O) groups is 1. The molecule has 0 saturated carbocycles. The molecule has 1 aromatic carbocycles. The van der Waals surface area contributed by atoms with Crippen LogP contribution in [0.4, 0.5) is 0 Å². The van der Waals surface area contributed by atoms with Gasteiger partial charge in [-0.25, -0.2) is 0 Å². The van der Waals surface area contributed by atoms with Gasteiger partial charge in [-0.1, -0.05) is 56.3 Å². The standard InChI is InChI=1S/C17H18O/c1-11(18)12-8-9-14-13-6-4-5-7-15(13)17(2,3)16(14)10-12/h4-10,14,16H,1-3H3. The van der Waals surface area contributed by atoms with E-state index in [-0.39, 0.29) is 11.2 Å². The predicted molar refractivity (Wildman–Crippen MR) is 73.6 cm³/mol. The van der Waals surface area contributed by atoms with Gasteiger partial charge in [0.15, 0.2) is 5.78 Å². The maximum atomic E-state index is 11.6. The Kier molecular flexibility index (Phi) is 2.34. The molecule has 0 amide bonds.